The van der Waals surface area contributed by atoms with Gasteiger partial charge in [-0.15, -0.1) is 0 Å². The van der Waals surface area contributed by atoms with Crippen LogP contribution in [0.1, 0.15) is 92.4 Å². The third-order valence-electron chi connectivity index (χ3n) is 6.41. The second kappa shape index (κ2) is 15.7. The lowest BCUT2D eigenvalue weighted by molar-refractivity contribution is -0.146. The van der Waals surface area contributed by atoms with Crippen molar-refractivity contribution in [3.63, 3.8) is 0 Å². The summed E-state index contributed by atoms with van der Waals surface area (Å²) in [5.74, 6) is -0.739. The number of hydrogen-bond donors (Lipinski definition) is 1. The highest BCUT2D eigenvalue weighted by atomic mass is 16.5. The molecule has 0 saturated carbocycles. The average Bonchev–Trinajstić information content (AvgIpc) is 2.80. The van der Waals surface area contributed by atoms with Crippen molar-refractivity contribution in [2.75, 3.05) is 26.2 Å². The van der Waals surface area contributed by atoms with E-state index >= 15 is 0 Å². The number of rotatable bonds is 14. The maximum absolute atomic E-state index is 13.3. The van der Waals surface area contributed by atoms with Crippen molar-refractivity contribution in [3.05, 3.63) is 0 Å². The van der Waals surface area contributed by atoms with Crippen molar-refractivity contribution in [3.8, 4) is 0 Å². The predicted octanol–water partition coefficient (Wildman–Crippen LogP) is 3.28. The Morgan fingerprint density at radius 3 is 2.27 bits per heavy atom. The van der Waals surface area contributed by atoms with Crippen LogP contribution < -0.4 is 5.32 Å². The van der Waals surface area contributed by atoms with Crippen LogP contribution in [0.3, 0.4) is 0 Å². The van der Waals surface area contributed by atoms with Crippen molar-refractivity contribution in [1.82, 2.24) is 15.1 Å². The first-order valence-corrected chi connectivity index (χ1v) is 12.8. The zero-order chi connectivity index (χ0) is 24.8. The average molecular weight is 468 g/mol. The lowest BCUT2D eigenvalue weighted by Crippen LogP contribution is -2.60. The van der Waals surface area contributed by atoms with Crippen LogP contribution in [0.5, 0.6) is 0 Å². The third kappa shape index (κ3) is 10.1. The fraction of sp³-hybridized carbons (Fsp3) is 0.840. The molecule has 8 nitrogen and oxygen atoms in total. The largest absolute Gasteiger partial charge is 0.466 e. The van der Waals surface area contributed by atoms with Gasteiger partial charge in [0.05, 0.1) is 13.0 Å². The van der Waals surface area contributed by atoms with E-state index in [1.165, 1.54) is 19.3 Å². The van der Waals surface area contributed by atoms with Gasteiger partial charge in [-0.1, -0.05) is 52.9 Å². The number of ether oxygens (including phenoxy) is 1. The maximum atomic E-state index is 13.3. The van der Waals surface area contributed by atoms with Gasteiger partial charge in [0.25, 0.3) is 0 Å². The highest BCUT2D eigenvalue weighted by molar-refractivity contribution is 5.89. The summed E-state index contributed by atoms with van der Waals surface area (Å²) in [5, 5.41) is 2.84. The van der Waals surface area contributed by atoms with Crippen LogP contribution in [-0.2, 0) is 23.9 Å². The van der Waals surface area contributed by atoms with Gasteiger partial charge >= 0.3 is 5.97 Å². The van der Waals surface area contributed by atoms with E-state index in [9.17, 15) is 19.2 Å². The van der Waals surface area contributed by atoms with Crippen LogP contribution in [0.25, 0.3) is 0 Å². The lowest BCUT2D eigenvalue weighted by atomic mass is 9.96. The minimum Gasteiger partial charge on any atom is -0.466 e. The van der Waals surface area contributed by atoms with E-state index in [4.69, 9.17) is 4.74 Å². The molecule has 0 aromatic heterocycles. The first-order chi connectivity index (χ1) is 15.7. The summed E-state index contributed by atoms with van der Waals surface area (Å²) in [6.45, 7) is 11.5. The van der Waals surface area contributed by atoms with Crippen molar-refractivity contribution in [2.45, 2.75) is 104 Å². The molecule has 8 heteroatoms. The van der Waals surface area contributed by atoms with Gasteiger partial charge in [0, 0.05) is 38.5 Å². The molecular formula is C25H45N3O5. The smallest absolute Gasteiger partial charge is 0.306 e. The Hall–Kier alpha value is -2.12. The minimum absolute atomic E-state index is 0.00262. The highest BCUT2D eigenvalue weighted by Gasteiger charge is 2.35. The number of carbonyl (C=O) groups is 4. The molecule has 0 radical (unpaired) electrons. The fourth-order valence-corrected chi connectivity index (χ4v) is 4.13. The fourth-order valence-electron chi connectivity index (χ4n) is 4.13. The second-order valence-electron chi connectivity index (χ2n) is 9.12. The molecule has 1 saturated heterocycles. The summed E-state index contributed by atoms with van der Waals surface area (Å²) in [4.78, 5) is 53.5. The molecule has 1 heterocycles. The van der Waals surface area contributed by atoms with Gasteiger partial charge < -0.3 is 19.9 Å². The number of nitrogens with one attached hydrogen (secondary N) is 1. The van der Waals surface area contributed by atoms with Crippen LogP contribution in [0.15, 0.2) is 0 Å². The summed E-state index contributed by atoms with van der Waals surface area (Å²) in [6.07, 6.45) is 6.86. The quantitative estimate of drug-likeness (QED) is 0.312. The van der Waals surface area contributed by atoms with E-state index in [1.54, 1.807) is 11.8 Å². The standard InChI is InChI=1S/C25H45N3O5/c1-6-9-10-11-12-13-22(30)28-17-16-27(18-20(28)5)25(32)24(19(4)7-2)26-21(29)14-15-23(31)33-8-3/h19-20,24H,6-18H2,1-5H3,(H,26,29). The molecule has 1 rings (SSSR count). The van der Waals surface area contributed by atoms with Gasteiger partial charge in [-0.25, -0.2) is 0 Å². The molecule has 0 aromatic rings. The molecule has 1 N–H and O–H groups in total. The Morgan fingerprint density at radius 2 is 1.67 bits per heavy atom. The summed E-state index contributed by atoms with van der Waals surface area (Å²) < 4.78 is 4.87. The van der Waals surface area contributed by atoms with Gasteiger partial charge in [0.15, 0.2) is 0 Å². The molecule has 33 heavy (non-hydrogen) atoms. The molecule has 3 unspecified atom stereocenters. The Morgan fingerprint density at radius 1 is 0.970 bits per heavy atom. The van der Waals surface area contributed by atoms with E-state index < -0.39 is 12.0 Å². The van der Waals surface area contributed by atoms with Crippen LogP contribution in [-0.4, -0.2) is 71.8 Å². The number of carbonyl (C=O) groups excluding carboxylic acids is 4. The molecule has 1 fully saturated rings. The summed E-state index contributed by atoms with van der Waals surface area (Å²) in [5.41, 5.74) is 0. The zero-order valence-electron chi connectivity index (χ0n) is 21.4. The first kappa shape index (κ1) is 28.9. The van der Waals surface area contributed by atoms with Crippen LogP contribution in [0.4, 0.5) is 0 Å². The van der Waals surface area contributed by atoms with Gasteiger partial charge in [0.1, 0.15) is 6.04 Å². The molecule has 0 spiro atoms. The second-order valence-corrected chi connectivity index (χ2v) is 9.12. The van der Waals surface area contributed by atoms with Gasteiger partial charge in [-0.2, -0.15) is 0 Å². The number of unbranched alkanes of at least 4 members (excludes halogenated alkanes) is 4. The Kier molecular flexibility index (Phi) is 13.7. The summed E-state index contributed by atoms with van der Waals surface area (Å²) >= 11 is 0. The van der Waals surface area contributed by atoms with Crippen molar-refractivity contribution < 1.29 is 23.9 Å². The Balaban J connectivity index is 2.62. The lowest BCUT2D eigenvalue weighted by Gasteiger charge is -2.41. The summed E-state index contributed by atoms with van der Waals surface area (Å²) in [7, 11) is 0. The predicted molar refractivity (Wildman–Crippen MR) is 128 cm³/mol. The van der Waals surface area contributed by atoms with E-state index in [0.29, 0.717) is 26.1 Å². The molecule has 3 atom stereocenters. The van der Waals surface area contributed by atoms with Crippen molar-refractivity contribution in [2.24, 2.45) is 5.92 Å². The van der Waals surface area contributed by atoms with Gasteiger partial charge in [-0.3, -0.25) is 19.2 Å². The number of hydrogen-bond acceptors (Lipinski definition) is 5. The molecule has 0 aliphatic carbocycles. The summed E-state index contributed by atoms with van der Waals surface area (Å²) in [6, 6.07) is -0.694. The number of nitrogens with zero attached hydrogens (tertiary/aromatic N) is 2. The van der Waals surface area contributed by atoms with Gasteiger partial charge in [0.2, 0.25) is 17.7 Å². The van der Waals surface area contributed by atoms with Crippen molar-refractivity contribution >= 4 is 23.7 Å². The van der Waals surface area contributed by atoms with Crippen LogP contribution in [0, 0.1) is 5.92 Å². The molecule has 190 valence electrons. The van der Waals surface area contributed by atoms with Crippen LogP contribution >= 0.6 is 0 Å². The number of piperazine rings is 1. The Bertz CT molecular complexity index is 640. The molecule has 3 amide bonds. The highest BCUT2D eigenvalue weighted by Crippen LogP contribution is 2.17. The molecule has 0 bridgehead atoms. The molecular weight excluding hydrogens is 422 g/mol. The topological polar surface area (TPSA) is 96.0 Å². The number of amides is 3. The van der Waals surface area contributed by atoms with E-state index in [1.807, 2.05) is 25.7 Å². The first-order valence-electron chi connectivity index (χ1n) is 12.8. The number of esters is 1. The minimum atomic E-state index is -0.641. The van der Waals surface area contributed by atoms with E-state index in [-0.39, 0.29) is 49.1 Å². The van der Waals surface area contributed by atoms with Crippen LogP contribution in [0.2, 0.25) is 0 Å². The monoisotopic (exact) mass is 467 g/mol. The molecule has 0 aromatic carbocycles. The third-order valence-corrected chi connectivity index (χ3v) is 6.41. The molecule has 1 aliphatic heterocycles. The SMILES string of the molecule is CCCCCCCC(=O)N1CCN(C(=O)C(NC(=O)CCC(=O)OCC)C(C)CC)CC1C. The normalized spacial score (nSPS) is 17.9. The van der Waals surface area contributed by atoms with E-state index in [0.717, 1.165) is 19.3 Å². The van der Waals surface area contributed by atoms with Crippen molar-refractivity contribution in [1.29, 1.82) is 0 Å². The maximum Gasteiger partial charge on any atom is 0.306 e. The molecule has 1 aliphatic rings. The van der Waals surface area contributed by atoms with E-state index in [2.05, 4.69) is 12.2 Å². The Labute approximate surface area is 199 Å². The van der Waals surface area contributed by atoms with Gasteiger partial charge in [-0.05, 0) is 26.2 Å². The zero-order valence-corrected chi connectivity index (χ0v) is 21.4.